The van der Waals surface area contributed by atoms with Crippen molar-refractivity contribution in [2.24, 2.45) is 11.8 Å². The predicted molar refractivity (Wildman–Crippen MR) is 138 cm³/mol. The topological polar surface area (TPSA) is 60.7 Å². The molecule has 34 heavy (non-hydrogen) atoms. The Bertz CT molecular complexity index is 1010. The van der Waals surface area contributed by atoms with Crippen LogP contribution in [0.5, 0.6) is 17.2 Å². The number of phenols is 3. The lowest BCUT2D eigenvalue weighted by molar-refractivity contribution is 0.152. The van der Waals surface area contributed by atoms with Gasteiger partial charge in [-0.2, -0.15) is 0 Å². The largest absolute Gasteiger partial charge is 0.508 e. The Morgan fingerprint density at radius 1 is 0.765 bits per heavy atom. The van der Waals surface area contributed by atoms with Crippen LogP contribution in [0.2, 0.25) is 0 Å². The first-order valence-corrected chi connectivity index (χ1v) is 12.7. The van der Waals surface area contributed by atoms with Crippen LogP contribution in [0, 0.1) is 11.8 Å². The highest BCUT2D eigenvalue weighted by Gasteiger charge is 2.44. The summed E-state index contributed by atoms with van der Waals surface area (Å²) in [4.78, 5) is 0. The van der Waals surface area contributed by atoms with Crippen molar-refractivity contribution >= 4 is 0 Å². The number of phenolic OH excluding ortho intramolecular Hbond substituents is 3. The Kier molecular flexibility index (Phi) is 6.93. The molecule has 4 rings (SSSR count). The van der Waals surface area contributed by atoms with Gasteiger partial charge in [0.15, 0.2) is 0 Å². The molecule has 0 bridgehead atoms. The molecule has 180 valence electrons. The van der Waals surface area contributed by atoms with Crippen molar-refractivity contribution in [3.63, 3.8) is 0 Å². The molecule has 0 amide bonds. The third kappa shape index (κ3) is 4.66. The van der Waals surface area contributed by atoms with Crippen LogP contribution in [0.25, 0.3) is 0 Å². The highest BCUT2D eigenvalue weighted by Crippen LogP contribution is 2.53. The molecule has 3 N–H and O–H groups in total. The molecule has 1 aliphatic rings. The van der Waals surface area contributed by atoms with E-state index in [9.17, 15) is 15.3 Å². The van der Waals surface area contributed by atoms with Crippen LogP contribution in [0.1, 0.15) is 76.0 Å². The van der Waals surface area contributed by atoms with Gasteiger partial charge in [0.25, 0.3) is 0 Å². The summed E-state index contributed by atoms with van der Waals surface area (Å²) in [5.41, 5.74) is 3.67. The van der Waals surface area contributed by atoms with Crippen LogP contribution >= 0.6 is 0 Å². The van der Waals surface area contributed by atoms with Crippen LogP contribution in [0.4, 0.5) is 0 Å². The average Bonchev–Trinajstić information content (AvgIpc) is 2.85. The molecule has 0 aliphatic heterocycles. The maximum atomic E-state index is 9.90. The number of benzene rings is 3. The Labute approximate surface area is 204 Å². The highest BCUT2D eigenvalue weighted by molar-refractivity contribution is 5.44. The van der Waals surface area contributed by atoms with Crippen LogP contribution in [-0.2, 0) is 10.8 Å². The summed E-state index contributed by atoms with van der Waals surface area (Å²) in [6, 6.07) is 23.2. The molecule has 3 heteroatoms. The van der Waals surface area contributed by atoms with Crippen LogP contribution in [0.15, 0.2) is 72.8 Å². The molecule has 1 fully saturated rings. The second-order valence-corrected chi connectivity index (χ2v) is 10.6. The van der Waals surface area contributed by atoms with Crippen molar-refractivity contribution in [3.05, 3.63) is 89.5 Å². The first-order chi connectivity index (χ1) is 16.3. The van der Waals surface area contributed by atoms with Gasteiger partial charge in [-0.1, -0.05) is 63.6 Å². The first-order valence-electron chi connectivity index (χ1n) is 12.7. The molecular weight excluding hydrogens is 420 g/mol. The summed E-state index contributed by atoms with van der Waals surface area (Å²) in [5, 5.41) is 29.7. The minimum absolute atomic E-state index is 0.0409. The molecule has 2 atom stereocenters. The third-order valence-corrected chi connectivity index (χ3v) is 8.58. The van der Waals surface area contributed by atoms with E-state index in [1.165, 1.54) is 16.7 Å². The van der Waals surface area contributed by atoms with Gasteiger partial charge >= 0.3 is 0 Å². The van der Waals surface area contributed by atoms with Crippen molar-refractivity contribution in [2.45, 2.75) is 70.1 Å². The van der Waals surface area contributed by atoms with E-state index in [2.05, 4.69) is 57.2 Å². The highest BCUT2D eigenvalue weighted by atomic mass is 16.3. The van der Waals surface area contributed by atoms with E-state index in [0.717, 1.165) is 38.5 Å². The SMILES string of the molecule is CCC(C)CC(C)(c1ccc(O)cc1)C1CCC(c2ccc(O)cc2)(c2ccc(O)cc2)CC1. The Morgan fingerprint density at radius 2 is 1.18 bits per heavy atom. The quantitative estimate of drug-likeness (QED) is 0.340. The van der Waals surface area contributed by atoms with Gasteiger partial charge in [0.2, 0.25) is 0 Å². The Hall–Kier alpha value is -2.94. The van der Waals surface area contributed by atoms with Crippen LogP contribution in [0.3, 0.4) is 0 Å². The number of hydrogen-bond donors (Lipinski definition) is 3. The number of rotatable bonds is 7. The summed E-state index contributed by atoms with van der Waals surface area (Å²) >= 11 is 0. The van der Waals surface area contributed by atoms with Gasteiger partial charge in [-0.3, -0.25) is 0 Å². The molecule has 0 heterocycles. The molecule has 3 nitrogen and oxygen atoms in total. The molecule has 0 saturated heterocycles. The van der Waals surface area contributed by atoms with Gasteiger partial charge in [-0.25, -0.2) is 0 Å². The summed E-state index contributed by atoms with van der Waals surface area (Å²) in [7, 11) is 0. The fourth-order valence-corrected chi connectivity index (χ4v) is 6.28. The average molecular weight is 459 g/mol. The molecule has 1 aliphatic carbocycles. The van der Waals surface area contributed by atoms with Gasteiger partial charge in [-0.05, 0) is 102 Å². The van der Waals surface area contributed by atoms with Crippen molar-refractivity contribution in [2.75, 3.05) is 0 Å². The maximum Gasteiger partial charge on any atom is 0.115 e. The third-order valence-electron chi connectivity index (χ3n) is 8.58. The van der Waals surface area contributed by atoms with E-state index in [1.807, 2.05) is 12.1 Å². The smallest absolute Gasteiger partial charge is 0.115 e. The van der Waals surface area contributed by atoms with Gasteiger partial charge in [-0.15, -0.1) is 0 Å². The van der Waals surface area contributed by atoms with Gasteiger partial charge in [0.05, 0.1) is 0 Å². The normalized spacial score (nSPS) is 18.8. The zero-order valence-electron chi connectivity index (χ0n) is 20.7. The van der Waals surface area contributed by atoms with Crippen LogP contribution in [-0.4, -0.2) is 15.3 Å². The fourth-order valence-electron chi connectivity index (χ4n) is 6.28. The lowest BCUT2D eigenvalue weighted by Crippen LogP contribution is -2.41. The molecule has 1 saturated carbocycles. The zero-order valence-corrected chi connectivity index (χ0v) is 20.7. The molecule has 0 radical (unpaired) electrons. The van der Waals surface area contributed by atoms with Gasteiger partial charge in [0.1, 0.15) is 17.2 Å². The number of aromatic hydroxyl groups is 3. The number of hydrogen-bond acceptors (Lipinski definition) is 3. The summed E-state index contributed by atoms with van der Waals surface area (Å²) in [5.74, 6) is 2.04. The second kappa shape index (κ2) is 9.74. The first kappa shape index (κ1) is 24.2. The summed E-state index contributed by atoms with van der Waals surface area (Å²) < 4.78 is 0. The van der Waals surface area contributed by atoms with Crippen LogP contribution < -0.4 is 0 Å². The minimum Gasteiger partial charge on any atom is -0.508 e. The van der Waals surface area contributed by atoms with E-state index in [4.69, 9.17) is 0 Å². The van der Waals surface area contributed by atoms with Gasteiger partial charge in [0, 0.05) is 5.41 Å². The molecule has 0 spiro atoms. The maximum absolute atomic E-state index is 9.90. The van der Waals surface area contributed by atoms with E-state index < -0.39 is 0 Å². The molecular formula is C31H38O3. The van der Waals surface area contributed by atoms with E-state index in [-0.39, 0.29) is 22.3 Å². The van der Waals surface area contributed by atoms with E-state index in [1.54, 1.807) is 24.3 Å². The second-order valence-electron chi connectivity index (χ2n) is 10.6. The van der Waals surface area contributed by atoms with Crippen molar-refractivity contribution in [1.82, 2.24) is 0 Å². The molecule has 3 aromatic carbocycles. The molecule has 2 unspecified atom stereocenters. The van der Waals surface area contributed by atoms with E-state index in [0.29, 0.717) is 17.6 Å². The van der Waals surface area contributed by atoms with Crippen molar-refractivity contribution in [3.8, 4) is 17.2 Å². The van der Waals surface area contributed by atoms with E-state index >= 15 is 0 Å². The monoisotopic (exact) mass is 458 g/mol. The molecule has 3 aromatic rings. The van der Waals surface area contributed by atoms with Crippen molar-refractivity contribution in [1.29, 1.82) is 0 Å². The summed E-state index contributed by atoms with van der Waals surface area (Å²) in [6.07, 6.45) is 6.50. The summed E-state index contributed by atoms with van der Waals surface area (Å²) in [6.45, 7) is 7.03. The zero-order chi connectivity index (χ0) is 24.3. The van der Waals surface area contributed by atoms with Crippen molar-refractivity contribution < 1.29 is 15.3 Å². The predicted octanol–water partition coefficient (Wildman–Crippen LogP) is 7.67. The minimum atomic E-state index is -0.135. The molecule has 0 aromatic heterocycles. The fraction of sp³-hybridized carbons (Fsp3) is 0.419. The standard InChI is InChI=1S/C31H38O3/c1-4-22(2)21-30(3,23-5-11-27(32)12-6-23)24-17-19-31(20-18-24,25-7-13-28(33)14-8-25)26-9-15-29(34)16-10-26/h5-16,22,24,32-34H,4,17-21H2,1-3H3. The lowest BCUT2D eigenvalue weighted by Gasteiger charge is -2.48. The Morgan fingerprint density at radius 3 is 1.59 bits per heavy atom. The van der Waals surface area contributed by atoms with Gasteiger partial charge < -0.3 is 15.3 Å². The Balaban J connectivity index is 1.69. The lowest BCUT2D eigenvalue weighted by atomic mass is 9.56.